The van der Waals surface area contributed by atoms with Crippen molar-refractivity contribution in [1.29, 1.82) is 0 Å². The number of piperidine rings is 1. The lowest BCUT2D eigenvalue weighted by molar-refractivity contribution is -0.137. The largest absolute Gasteiger partial charge is 0.497 e. The zero-order chi connectivity index (χ0) is 25.9. The van der Waals surface area contributed by atoms with Gasteiger partial charge in [-0.3, -0.25) is 4.79 Å². The molecular formula is C27H37N3O5S. The molecule has 8 nitrogen and oxygen atoms in total. The third-order valence-electron chi connectivity index (χ3n) is 7.23. The zero-order valence-electron chi connectivity index (χ0n) is 21.6. The normalized spacial score (nSPS) is 19.4. The Labute approximate surface area is 214 Å². The summed E-state index contributed by atoms with van der Waals surface area (Å²) in [5, 5.41) is 0. The van der Waals surface area contributed by atoms with Crippen molar-refractivity contribution < 1.29 is 22.7 Å². The van der Waals surface area contributed by atoms with E-state index >= 15 is 0 Å². The standard InChI is InChI=1S/C27H37N3O5S/c1-20(2)21-7-12-25(35-4)26(18-21)36(32,33)30-13-5-6-22(19-30)27(31)29-16-14-28(15-17-29)23-8-10-24(34-3)11-9-23/h7-12,18,20,22H,5-6,13-17,19H2,1-4H3/t22-/m0/s1. The molecule has 196 valence electrons. The lowest BCUT2D eigenvalue weighted by Gasteiger charge is -2.39. The molecule has 2 fully saturated rings. The highest BCUT2D eigenvalue weighted by molar-refractivity contribution is 7.89. The van der Waals surface area contributed by atoms with Gasteiger partial charge in [0.15, 0.2) is 0 Å². The number of anilines is 1. The molecule has 2 heterocycles. The number of piperazine rings is 1. The first-order chi connectivity index (χ1) is 17.2. The van der Waals surface area contributed by atoms with E-state index in [4.69, 9.17) is 9.47 Å². The van der Waals surface area contributed by atoms with Crippen molar-refractivity contribution in [3.05, 3.63) is 48.0 Å². The quantitative estimate of drug-likeness (QED) is 0.561. The van der Waals surface area contributed by atoms with Crippen molar-refractivity contribution in [2.45, 2.75) is 37.5 Å². The van der Waals surface area contributed by atoms with E-state index in [0.717, 1.165) is 30.1 Å². The minimum absolute atomic E-state index is 0.0483. The molecule has 1 atom stereocenters. The van der Waals surface area contributed by atoms with Crippen LogP contribution in [0.4, 0.5) is 5.69 Å². The summed E-state index contributed by atoms with van der Waals surface area (Å²) < 4.78 is 39.4. The number of nitrogens with zero attached hydrogens (tertiary/aromatic N) is 3. The Morgan fingerprint density at radius 1 is 0.944 bits per heavy atom. The van der Waals surface area contributed by atoms with Gasteiger partial charge in [0.05, 0.1) is 20.1 Å². The van der Waals surface area contributed by atoms with E-state index in [-0.39, 0.29) is 29.2 Å². The molecule has 2 saturated heterocycles. The second-order valence-corrected chi connectivity index (χ2v) is 11.7. The second kappa shape index (κ2) is 11.1. The molecule has 0 spiro atoms. The van der Waals surface area contributed by atoms with Gasteiger partial charge in [0, 0.05) is 45.0 Å². The van der Waals surface area contributed by atoms with Crippen molar-refractivity contribution in [1.82, 2.24) is 9.21 Å². The molecule has 0 N–H and O–H groups in total. The predicted molar refractivity (Wildman–Crippen MR) is 140 cm³/mol. The number of hydrogen-bond acceptors (Lipinski definition) is 6. The molecule has 36 heavy (non-hydrogen) atoms. The Hall–Kier alpha value is -2.78. The van der Waals surface area contributed by atoms with Crippen LogP contribution in [0.3, 0.4) is 0 Å². The summed E-state index contributed by atoms with van der Waals surface area (Å²) in [6.45, 7) is 7.40. The second-order valence-electron chi connectivity index (χ2n) is 9.78. The number of hydrogen-bond donors (Lipinski definition) is 0. The average molecular weight is 516 g/mol. The summed E-state index contributed by atoms with van der Waals surface area (Å²) in [6, 6.07) is 13.3. The predicted octanol–water partition coefficient (Wildman–Crippen LogP) is 3.58. The number of carbonyl (C=O) groups excluding carboxylic acids is 1. The summed E-state index contributed by atoms with van der Waals surface area (Å²) in [5.41, 5.74) is 2.05. The van der Waals surface area contributed by atoms with Gasteiger partial charge in [0.25, 0.3) is 0 Å². The molecule has 2 aliphatic rings. The van der Waals surface area contributed by atoms with Gasteiger partial charge in [-0.05, 0) is 60.7 Å². The van der Waals surface area contributed by atoms with Crippen molar-refractivity contribution in [3.63, 3.8) is 0 Å². The van der Waals surface area contributed by atoms with Crippen LogP contribution in [0.25, 0.3) is 0 Å². The van der Waals surface area contributed by atoms with Crippen LogP contribution in [0, 0.1) is 5.92 Å². The van der Waals surface area contributed by atoms with E-state index in [1.54, 1.807) is 19.2 Å². The van der Waals surface area contributed by atoms with Gasteiger partial charge in [-0.2, -0.15) is 4.31 Å². The summed E-state index contributed by atoms with van der Waals surface area (Å²) in [6.07, 6.45) is 1.36. The molecule has 0 unspecified atom stereocenters. The highest BCUT2D eigenvalue weighted by Gasteiger charge is 2.37. The molecule has 2 aromatic rings. The third kappa shape index (κ3) is 5.47. The number of amides is 1. The van der Waals surface area contributed by atoms with E-state index in [1.165, 1.54) is 11.4 Å². The van der Waals surface area contributed by atoms with Crippen LogP contribution >= 0.6 is 0 Å². The summed E-state index contributed by atoms with van der Waals surface area (Å²) in [5.74, 6) is 1.06. The minimum atomic E-state index is -3.79. The van der Waals surface area contributed by atoms with Crippen LogP contribution in [0.2, 0.25) is 0 Å². The highest BCUT2D eigenvalue weighted by Crippen LogP contribution is 2.33. The van der Waals surface area contributed by atoms with Crippen LogP contribution in [0.5, 0.6) is 11.5 Å². The minimum Gasteiger partial charge on any atom is -0.497 e. The molecule has 0 bridgehead atoms. The van der Waals surface area contributed by atoms with Gasteiger partial charge < -0.3 is 19.3 Å². The summed E-state index contributed by atoms with van der Waals surface area (Å²) >= 11 is 0. The summed E-state index contributed by atoms with van der Waals surface area (Å²) in [7, 11) is -0.657. The number of carbonyl (C=O) groups is 1. The Bertz CT molecular complexity index is 1160. The Morgan fingerprint density at radius 2 is 1.64 bits per heavy atom. The van der Waals surface area contributed by atoms with Gasteiger partial charge in [-0.15, -0.1) is 0 Å². The van der Waals surface area contributed by atoms with Crippen molar-refractivity contribution >= 4 is 21.6 Å². The van der Waals surface area contributed by atoms with Crippen LogP contribution in [0.15, 0.2) is 47.4 Å². The number of ether oxygens (including phenoxy) is 2. The van der Waals surface area contributed by atoms with Gasteiger partial charge in [0.2, 0.25) is 15.9 Å². The van der Waals surface area contributed by atoms with Crippen LogP contribution in [-0.4, -0.2) is 77.0 Å². The fraction of sp³-hybridized carbons (Fsp3) is 0.519. The molecule has 9 heteroatoms. The lowest BCUT2D eigenvalue weighted by atomic mass is 9.97. The zero-order valence-corrected chi connectivity index (χ0v) is 22.5. The molecule has 0 aliphatic carbocycles. The molecule has 4 rings (SSSR count). The van der Waals surface area contributed by atoms with E-state index in [1.807, 2.05) is 49.1 Å². The summed E-state index contributed by atoms with van der Waals surface area (Å²) in [4.78, 5) is 17.7. The molecule has 0 saturated carbocycles. The van der Waals surface area contributed by atoms with Gasteiger partial charge in [-0.1, -0.05) is 19.9 Å². The fourth-order valence-corrected chi connectivity index (χ4v) is 6.71. The molecular weight excluding hydrogens is 478 g/mol. The maximum absolute atomic E-state index is 13.6. The molecule has 1 amide bonds. The van der Waals surface area contributed by atoms with Crippen molar-refractivity contribution in [2.75, 3.05) is 58.4 Å². The molecule has 2 aliphatic heterocycles. The first-order valence-electron chi connectivity index (χ1n) is 12.6. The lowest BCUT2D eigenvalue weighted by Crippen LogP contribution is -2.53. The highest BCUT2D eigenvalue weighted by atomic mass is 32.2. The van der Waals surface area contributed by atoms with Gasteiger partial charge in [0.1, 0.15) is 16.4 Å². The van der Waals surface area contributed by atoms with Gasteiger partial charge >= 0.3 is 0 Å². The van der Waals surface area contributed by atoms with E-state index < -0.39 is 10.0 Å². The first-order valence-corrected chi connectivity index (χ1v) is 14.0. The van der Waals surface area contributed by atoms with Crippen LogP contribution in [-0.2, 0) is 14.8 Å². The first kappa shape index (κ1) is 26.3. The third-order valence-corrected chi connectivity index (χ3v) is 9.12. The number of sulfonamides is 1. The average Bonchev–Trinajstić information content (AvgIpc) is 2.92. The monoisotopic (exact) mass is 515 g/mol. The smallest absolute Gasteiger partial charge is 0.246 e. The molecule has 0 aromatic heterocycles. The maximum atomic E-state index is 13.6. The SMILES string of the molecule is COc1ccc(N2CCN(C(=O)[C@H]3CCCN(S(=O)(=O)c4cc(C(C)C)ccc4OC)C3)CC2)cc1. The van der Waals surface area contributed by atoms with Crippen molar-refractivity contribution in [3.8, 4) is 11.5 Å². The van der Waals surface area contributed by atoms with E-state index in [9.17, 15) is 13.2 Å². The fourth-order valence-electron chi connectivity index (χ4n) is 4.99. The Balaban J connectivity index is 1.42. The Kier molecular flexibility index (Phi) is 8.10. The molecule has 2 aromatic carbocycles. The Morgan fingerprint density at radius 3 is 2.25 bits per heavy atom. The number of benzene rings is 2. The molecule has 0 radical (unpaired) electrons. The topological polar surface area (TPSA) is 79.4 Å². The van der Waals surface area contributed by atoms with Gasteiger partial charge in [-0.25, -0.2) is 8.42 Å². The van der Waals surface area contributed by atoms with E-state index in [2.05, 4.69) is 4.90 Å². The number of rotatable bonds is 7. The van der Waals surface area contributed by atoms with E-state index in [0.29, 0.717) is 38.2 Å². The number of methoxy groups -OCH3 is 2. The maximum Gasteiger partial charge on any atom is 0.246 e. The van der Waals surface area contributed by atoms with Crippen LogP contribution < -0.4 is 14.4 Å². The van der Waals surface area contributed by atoms with Crippen molar-refractivity contribution in [2.24, 2.45) is 5.92 Å². The van der Waals surface area contributed by atoms with Crippen LogP contribution in [0.1, 0.15) is 38.2 Å².